The molecule has 4 heteroatoms. The monoisotopic (exact) mass is 322 g/mol. The fourth-order valence-corrected chi connectivity index (χ4v) is 3.52. The lowest BCUT2D eigenvalue weighted by Crippen LogP contribution is -2.25. The van der Waals surface area contributed by atoms with Gasteiger partial charge in [0.25, 0.3) is 0 Å². The van der Waals surface area contributed by atoms with Crippen molar-refractivity contribution < 1.29 is 9.84 Å². The van der Waals surface area contributed by atoms with Crippen LogP contribution in [0.4, 0.5) is 0 Å². The molecule has 110 valence electrons. The van der Waals surface area contributed by atoms with Gasteiger partial charge >= 0.3 is 0 Å². The van der Waals surface area contributed by atoms with E-state index in [9.17, 15) is 5.11 Å². The number of methoxy groups -OCH3 is 1. The number of hydrogen-bond acceptors (Lipinski definition) is 2. The first kappa shape index (κ1) is 14.7. The van der Waals surface area contributed by atoms with Gasteiger partial charge in [-0.3, -0.25) is 0 Å². The molecular formula is C17H16Cl2O2. The Bertz CT molecular complexity index is 664. The minimum absolute atomic E-state index is 0.408. The SMILES string of the molecule is COc1ccc2c(c1)C(O)(Cc1c(Cl)cccc1Cl)CC2. The van der Waals surface area contributed by atoms with Crippen molar-refractivity contribution in [1.29, 1.82) is 0 Å². The van der Waals surface area contributed by atoms with E-state index >= 15 is 0 Å². The van der Waals surface area contributed by atoms with E-state index in [0.29, 0.717) is 22.9 Å². The van der Waals surface area contributed by atoms with Gasteiger partial charge < -0.3 is 9.84 Å². The summed E-state index contributed by atoms with van der Waals surface area (Å²) in [6, 6.07) is 11.3. The largest absolute Gasteiger partial charge is 0.497 e. The van der Waals surface area contributed by atoms with Gasteiger partial charge in [-0.15, -0.1) is 0 Å². The fourth-order valence-electron chi connectivity index (χ4n) is 2.99. The van der Waals surface area contributed by atoms with Gasteiger partial charge in [0.15, 0.2) is 0 Å². The van der Waals surface area contributed by atoms with Crippen molar-refractivity contribution in [3.63, 3.8) is 0 Å². The lowest BCUT2D eigenvalue weighted by Gasteiger charge is -2.25. The van der Waals surface area contributed by atoms with E-state index < -0.39 is 5.60 Å². The third kappa shape index (κ3) is 2.64. The maximum atomic E-state index is 11.1. The number of fused-ring (bicyclic) bond motifs is 1. The number of aliphatic hydroxyl groups is 1. The Morgan fingerprint density at radius 3 is 2.57 bits per heavy atom. The van der Waals surface area contributed by atoms with Crippen LogP contribution >= 0.6 is 23.2 Å². The number of benzene rings is 2. The topological polar surface area (TPSA) is 29.5 Å². The van der Waals surface area contributed by atoms with Crippen LogP contribution in [0.15, 0.2) is 36.4 Å². The summed E-state index contributed by atoms with van der Waals surface area (Å²) >= 11 is 12.5. The Balaban J connectivity index is 2.01. The molecule has 0 radical (unpaired) electrons. The summed E-state index contributed by atoms with van der Waals surface area (Å²) in [5.41, 5.74) is 1.91. The second-order valence-electron chi connectivity index (χ2n) is 5.43. The lowest BCUT2D eigenvalue weighted by molar-refractivity contribution is 0.0388. The van der Waals surface area contributed by atoms with Crippen LogP contribution in [0.25, 0.3) is 0 Å². The summed E-state index contributed by atoms with van der Waals surface area (Å²) in [6.07, 6.45) is 1.92. The highest BCUT2D eigenvalue weighted by molar-refractivity contribution is 6.36. The zero-order valence-electron chi connectivity index (χ0n) is 11.7. The number of aryl methyl sites for hydroxylation is 1. The predicted molar refractivity (Wildman–Crippen MR) is 85.4 cm³/mol. The molecule has 2 aromatic carbocycles. The maximum Gasteiger partial charge on any atom is 0.119 e. The van der Waals surface area contributed by atoms with Crippen molar-refractivity contribution in [1.82, 2.24) is 0 Å². The Hall–Kier alpha value is -1.22. The first-order valence-electron chi connectivity index (χ1n) is 6.86. The molecule has 2 aromatic rings. The highest BCUT2D eigenvalue weighted by Gasteiger charge is 2.38. The van der Waals surface area contributed by atoms with Crippen LogP contribution in [0.3, 0.4) is 0 Å². The number of ether oxygens (including phenoxy) is 1. The molecule has 1 atom stereocenters. The highest BCUT2D eigenvalue weighted by Crippen LogP contribution is 2.43. The molecule has 2 nitrogen and oxygen atoms in total. The molecule has 1 unspecified atom stereocenters. The van der Waals surface area contributed by atoms with Crippen LogP contribution in [0.1, 0.15) is 23.1 Å². The van der Waals surface area contributed by atoms with Gasteiger partial charge in [0.1, 0.15) is 5.75 Å². The van der Waals surface area contributed by atoms with Crippen molar-refractivity contribution in [3.05, 3.63) is 63.1 Å². The van der Waals surface area contributed by atoms with Gasteiger partial charge in [-0.1, -0.05) is 35.3 Å². The maximum absolute atomic E-state index is 11.1. The summed E-state index contributed by atoms with van der Waals surface area (Å²) in [6.45, 7) is 0. The van der Waals surface area contributed by atoms with Gasteiger partial charge in [-0.05, 0) is 53.8 Å². The molecule has 0 saturated carbocycles. The van der Waals surface area contributed by atoms with Crippen molar-refractivity contribution in [2.75, 3.05) is 7.11 Å². The lowest BCUT2D eigenvalue weighted by atomic mass is 9.88. The first-order valence-corrected chi connectivity index (χ1v) is 7.62. The third-order valence-corrected chi connectivity index (χ3v) is 4.87. The summed E-state index contributed by atoms with van der Waals surface area (Å²) in [5.74, 6) is 0.749. The van der Waals surface area contributed by atoms with E-state index in [1.165, 1.54) is 0 Å². The summed E-state index contributed by atoms with van der Waals surface area (Å²) in [5, 5.41) is 12.3. The van der Waals surface area contributed by atoms with Crippen LogP contribution in [0.5, 0.6) is 5.75 Å². The minimum Gasteiger partial charge on any atom is -0.497 e. The molecule has 1 aliphatic rings. The zero-order valence-corrected chi connectivity index (χ0v) is 13.2. The predicted octanol–water partition coefficient (Wildman–Crippen LogP) is 4.38. The Morgan fingerprint density at radius 2 is 1.90 bits per heavy atom. The molecule has 1 aliphatic carbocycles. The molecule has 0 bridgehead atoms. The quantitative estimate of drug-likeness (QED) is 0.908. The van der Waals surface area contributed by atoms with Gasteiger partial charge in [0, 0.05) is 16.5 Å². The van der Waals surface area contributed by atoms with Crippen molar-refractivity contribution in [2.24, 2.45) is 0 Å². The first-order chi connectivity index (χ1) is 10.0. The minimum atomic E-state index is -0.946. The summed E-state index contributed by atoms with van der Waals surface area (Å²) in [4.78, 5) is 0. The third-order valence-electron chi connectivity index (χ3n) is 4.16. The fraction of sp³-hybridized carbons (Fsp3) is 0.294. The van der Waals surface area contributed by atoms with E-state index in [2.05, 4.69) is 0 Å². The zero-order chi connectivity index (χ0) is 15.0. The second kappa shape index (κ2) is 5.53. The molecule has 0 fully saturated rings. The van der Waals surface area contributed by atoms with Crippen molar-refractivity contribution in [3.8, 4) is 5.75 Å². The molecule has 21 heavy (non-hydrogen) atoms. The van der Waals surface area contributed by atoms with E-state index in [0.717, 1.165) is 28.9 Å². The Morgan fingerprint density at radius 1 is 1.19 bits per heavy atom. The smallest absolute Gasteiger partial charge is 0.119 e. The number of rotatable bonds is 3. The Labute approximate surface area is 134 Å². The average Bonchev–Trinajstić information content (AvgIpc) is 2.80. The highest BCUT2D eigenvalue weighted by atomic mass is 35.5. The molecule has 0 heterocycles. The second-order valence-corrected chi connectivity index (χ2v) is 6.25. The molecule has 0 aromatic heterocycles. The van der Waals surface area contributed by atoms with E-state index in [1.54, 1.807) is 19.2 Å². The molecular weight excluding hydrogens is 307 g/mol. The molecule has 3 rings (SSSR count). The van der Waals surface area contributed by atoms with Gasteiger partial charge in [-0.25, -0.2) is 0 Å². The summed E-state index contributed by atoms with van der Waals surface area (Å²) < 4.78 is 5.27. The number of hydrogen-bond donors (Lipinski definition) is 1. The van der Waals surface area contributed by atoms with Crippen LogP contribution in [0.2, 0.25) is 10.0 Å². The van der Waals surface area contributed by atoms with Crippen LogP contribution < -0.4 is 4.74 Å². The normalized spacial score (nSPS) is 20.4. The molecule has 0 saturated heterocycles. The van der Waals surface area contributed by atoms with Gasteiger partial charge in [0.05, 0.1) is 12.7 Å². The van der Waals surface area contributed by atoms with Gasteiger partial charge in [0.2, 0.25) is 0 Å². The van der Waals surface area contributed by atoms with Crippen molar-refractivity contribution >= 4 is 23.2 Å². The van der Waals surface area contributed by atoms with E-state index in [4.69, 9.17) is 27.9 Å². The molecule has 1 N–H and O–H groups in total. The molecule has 0 spiro atoms. The van der Waals surface area contributed by atoms with Crippen molar-refractivity contribution in [2.45, 2.75) is 24.9 Å². The molecule has 0 amide bonds. The van der Waals surface area contributed by atoms with Crippen LogP contribution in [-0.4, -0.2) is 12.2 Å². The van der Waals surface area contributed by atoms with E-state index in [-0.39, 0.29) is 0 Å². The molecule has 0 aliphatic heterocycles. The van der Waals surface area contributed by atoms with Gasteiger partial charge in [-0.2, -0.15) is 0 Å². The Kier molecular flexibility index (Phi) is 3.87. The summed E-state index contributed by atoms with van der Waals surface area (Å²) in [7, 11) is 1.63. The number of halogens is 2. The van der Waals surface area contributed by atoms with E-state index in [1.807, 2.05) is 24.3 Å². The van der Waals surface area contributed by atoms with Crippen LogP contribution in [-0.2, 0) is 18.4 Å². The van der Waals surface area contributed by atoms with Crippen LogP contribution in [0, 0.1) is 0 Å². The standard InChI is InChI=1S/C17H16Cl2O2/c1-21-12-6-5-11-7-8-17(20,14(11)9-12)10-13-15(18)3-2-4-16(13)19/h2-6,9,20H,7-8,10H2,1H3. The average molecular weight is 323 g/mol.